The summed E-state index contributed by atoms with van der Waals surface area (Å²) >= 11 is 0. The van der Waals surface area contributed by atoms with Gasteiger partial charge in [-0.15, -0.1) is 5.10 Å². The number of ether oxygens (including phenoxy) is 2. The first kappa shape index (κ1) is 45.3. The molecule has 0 spiro atoms. The van der Waals surface area contributed by atoms with Crippen LogP contribution < -0.4 is 79.4 Å². The van der Waals surface area contributed by atoms with Gasteiger partial charge in [-0.2, -0.15) is 0 Å². The number of rotatable bonds is 16. The van der Waals surface area contributed by atoms with Crippen molar-refractivity contribution in [2.24, 2.45) is 5.14 Å². The minimum absolute atomic E-state index is 0. The zero-order valence-electron chi connectivity index (χ0n) is 27.9. The Morgan fingerprint density at radius 2 is 1.71 bits per heavy atom. The quantitative estimate of drug-likeness (QED) is 0.0583. The van der Waals surface area contributed by atoms with E-state index >= 15 is 0 Å². The molecule has 0 radical (unpaired) electrons. The summed E-state index contributed by atoms with van der Waals surface area (Å²) in [4.78, 5) is 24.1. The molecule has 23 heteroatoms. The van der Waals surface area contributed by atoms with E-state index in [0.717, 1.165) is 23.6 Å². The number of carbonyl (C=O) groups is 2. The first-order chi connectivity index (χ1) is 23.0. The molecular formula is C28H35N7Na2O12S2. The zero-order chi connectivity index (χ0) is 36.0. The summed E-state index contributed by atoms with van der Waals surface area (Å²) in [6, 6.07) is 16.0. The summed E-state index contributed by atoms with van der Waals surface area (Å²) in [5.41, 5.74) is 3.49. The Morgan fingerprint density at radius 1 is 1.10 bits per heavy atom. The van der Waals surface area contributed by atoms with Crippen LogP contribution in [-0.4, -0.2) is 108 Å². The Balaban J connectivity index is 0.00000451. The number of aliphatic carboxylic acids is 1. The fourth-order valence-electron chi connectivity index (χ4n) is 5.10. The Bertz CT molecular complexity index is 1820. The third-order valence-electron chi connectivity index (χ3n) is 7.35. The van der Waals surface area contributed by atoms with E-state index in [-0.39, 0.29) is 78.7 Å². The van der Waals surface area contributed by atoms with Crippen LogP contribution in [0.3, 0.4) is 0 Å². The molecule has 4 rings (SSSR count). The molecule has 1 saturated heterocycles. The monoisotopic (exact) mass is 771 g/mol. The third kappa shape index (κ3) is 12.9. The number of hydrogen-bond donors (Lipinski definition) is 6. The minimum atomic E-state index is -4.95. The van der Waals surface area contributed by atoms with E-state index < -0.39 is 81.5 Å². The van der Waals surface area contributed by atoms with Gasteiger partial charge in [-0.25, -0.2) is 26.7 Å². The summed E-state index contributed by atoms with van der Waals surface area (Å²) in [5, 5.41) is 59.6. The molecule has 51 heavy (non-hydrogen) atoms. The van der Waals surface area contributed by atoms with Crippen molar-refractivity contribution >= 4 is 32.3 Å². The minimum Gasteiger partial charge on any atom is -0.544 e. The molecule has 268 valence electrons. The van der Waals surface area contributed by atoms with Gasteiger partial charge in [0.15, 0.2) is 0 Å². The number of carboxylic acid groups (broad SMARTS) is 1. The second-order valence-electron chi connectivity index (χ2n) is 11.1. The molecule has 1 aromatic heterocycles. The Hall–Kier alpha value is -1.90. The average molecular weight is 772 g/mol. The predicted molar refractivity (Wildman–Crippen MR) is 168 cm³/mol. The number of benzene rings is 2. The van der Waals surface area contributed by atoms with Gasteiger partial charge >= 0.3 is 59.1 Å². The van der Waals surface area contributed by atoms with Crippen molar-refractivity contribution in [1.29, 1.82) is 0 Å². The smallest absolute Gasteiger partial charge is 0.544 e. The van der Waals surface area contributed by atoms with Crippen LogP contribution in [0.4, 0.5) is 0 Å². The molecule has 19 nitrogen and oxygen atoms in total. The van der Waals surface area contributed by atoms with Crippen molar-refractivity contribution in [2.45, 2.75) is 62.6 Å². The van der Waals surface area contributed by atoms with E-state index in [0.29, 0.717) is 5.69 Å². The normalized spacial score (nSPS) is 21.8. The number of hydrogen-bond acceptors (Lipinski definition) is 14. The number of carbonyl (C=O) groups excluding carboxylic acids is 2. The molecule has 0 unspecified atom stereocenters. The fraction of sp³-hybridized carbons (Fsp3) is 0.429. The summed E-state index contributed by atoms with van der Waals surface area (Å²) < 4.78 is 62.2. The summed E-state index contributed by atoms with van der Waals surface area (Å²) in [6.45, 7) is -0.0973. The summed E-state index contributed by atoms with van der Waals surface area (Å²) in [7, 11) is -9.80. The average Bonchev–Trinajstić information content (AvgIpc) is 3.51. The van der Waals surface area contributed by atoms with Crippen LogP contribution in [0.5, 0.6) is 0 Å². The van der Waals surface area contributed by atoms with Crippen molar-refractivity contribution < 1.29 is 115 Å². The first-order valence-corrected chi connectivity index (χ1v) is 17.6. The van der Waals surface area contributed by atoms with Crippen molar-refractivity contribution in [3.8, 4) is 22.4 Å². The number of aryl methyl sites for hydroxylation is 1. The first-order valence-electron chi connectivity index (χ1n) is 14.7. The number of aliphatic hydroxyl groups is 3. The Morgan fingerprint density at radius 3 is 2.29 bits per heavy atom. The van der Waals surface area contributed by atoms with Crippen molar-refractivity contribution in [2.75, 3.05) is 13.2 Å². The summed E-state index contributed by atoms with van der Waals surface area (Å²) in [6.07, 6.45) is -6.89. The second kappa shape index (κ2) is 19.4. The van der Waals surface area contributed by atoms with E-state index in [2.05, 4.69) is 24.9 Å². The van der Waals surface area contributed by atoms with Crippen LogP contribution in [0, 0.1) is 0 Å². The van der Waals surface area contributed by atoms with Crippen molar-refractivity contribution in [3.05, 3.63) is 64.9 Å². The molecule has 6 atom stereocenters. The van der Waals surface area contributed by atoms with Gasteiger partial charge in [0.05, 0.1) is 31.1 Å². The number of amides is 1. The van der Waals surface area contributed by atoms with Gasteiger partial charge in [-0.05, 0) is 17.5 Å². The molecule has 2 heterocycles. The maximum atomic E-state index is 12.3. The van der Waals surface area contributed by atoms with E-state index in [4.69, 9.17) is 9.47 Å². The van der Waals surface area contributed by atoms with E-state index in [1.165, 1.54) is 4.68 Å². The van der Waals surface area contributed by atoms with E-state index in [9.17, 15) is 46.9 Å². The molecule has 2 aromatic carbocycles. The van der Waals surface area contributed by atoms with Crippen molar-refractivity contribution in [3.63, 3.8) is 0 Å². The van der Waals surface area contributed by atoms with Gasteiger partial charge in [-0.1, -0.05) is 59.8 Å². The van der Waals surface area contributed by atoms with Gasteiger partial charge in [0.1, 0.15) is 44.3 Å². The Kier molecular flexibility index (Phi) is 17.2. The number of nitrogens with zero attached hydrogens (tertiary/aromatic N) is 4. The van der Waals surface area contributed by atoms with Crippen LogP contribution >= 0.6 is 0 Å². The SMILES string of the molecule is CC(=O)N[C@H]1[C@H]([C@H](O)[C@H](O)CNS(=O)(=O)[N-]S(N)(=O)=O)O[C@@](OCCCn2cc(-c3ccc(-c4ccccc4)cc3)nn2)(C(=O)[O-])C[C@@H]1O.[Na+].[Na+]. The fourth-order valence-corrected chi connectivity index (χ4v) is 6.79. The van der Waals surface area contributed by atoms with E-state index in [1.54, 1.807) is 10.9 Å². The number of nitrogens with one attached hydrogen (secondary N) is 2. The van der Waals surface area contributed by atoms with Gasteiger partial charge in [0.2, 0.25) is 11.7 Å². The molecule has 0 bridgehead atoms. The van der Waals surface area contributed by atoms with Gasteiger partial charge < -0.3 is 44.1 Å². The maximum absolute atomic E-state index is 12.3. The van der Waals surface area contributed by atoms with E-state index in [1.807, 2.05) is 54.6 Å². The molecule has 7 N–H and O–H groups in total. The predicted octanol–water partition coefficient (Wildman–Crippen LogP) is -8.74. The number of aromatic nitrogens is 3. The molecule has 0 saturated carbocycles. The van der Waals surface area contributed by atoms with Gasteiger partial charge in [-0.3, -0.25) is 9.48 Å². The van der Waals surface area contributed by atoms with Crippen LogP contribution in [0.1, 0.15) is 19.8 Å². The van der Waals surface area contributed by atoms with Crippen LogP contribution in [0.25, 0.3) is 26.5 Å². The maximum Gasteiger partial charge on any atom is 1.00 e. The zero-order valence-corrected chi connectivity index (χ0v) is 33.5. The van der Waals surface area contributed by atoms with Crippen LogP contribution in [0.2, 0.25) is 0 Å². The largest absolute Gasteiger partial charge is 1.00 e. The molecule has 1 aliphatic heterocycles. The van der Waals surface area contributed by atoms with Gasteiger partial charge in [0, 0.05) is 32.0 Å². The molecule has 3 aromatic rings. The third-order valence-corrected chi connectivity index (χ3v) is 9.50. The van der Waals surface area contributed by atoms with Gasteiger partial charge in [0.25, 0.3) is 0 Å². The molecule has 1 amide bonds. The molecule has 1 aliphatic rings. The Labute approximate surface area is 338 Å². The molecule has 1 fully saturated rings. The number of nitrogens with two attached hydrogens (primary N) is 1. The van der Waals surface area contributed by atoms with Crippen LogP contribution in [0.15, 0.2) is 60.8 Å². The molecule has 0 aliphatic carbocycles. The summed E-state index contributed by atoms with van der Waals surface area (Å²) in [5.74, 6) is -5.36. The topological polar surface area (TPSA) is 300 Å². The number of carboxylic acids is 1. The standard InChI is InChI=1S/C28H36N7O12S2.2Na/c1-17(36)31-24-22(37)14-28(27(40)41,47-26(24)25(39)23(38)15-30-49(44,45)34-48(29,42)43)46-13-5-12-35-16-21(32-33-35)20-10-8-19(9-11-20)18-6-3-2-4-7-18;;/h2-4,6-11,16,22-26,30,37-39H,5,12-15H2,1H3,(H,31,36)(H,40,41)(H2,29,42,43);;/q-1;2*+1/p-1/t22-,23+,24+,25+,26+,28+;;/m0../s1. The van der Waals surface area contributed by atoms with Crippen LogP contribution in [-0.2, 0) is 46.0 Å². The molecular weight excluding hydrogens is 736 g/mol. The second-order valence-corrected chi connectivity index (χ2v) is 14.0. The number of aliphatic hydroxyl groups excluding tert-OH is 3. The van der Waals surface area contributed by atoms with Crippen molar-refractivity contribution in [1.82, 2.24) is 25.0 Å².